The Hall–Kier alpha value is -0.900. The van der Waals surface area contributed by atoms with Gasteiger partial charge in [-0.15, -0.1) is 0 Å². The van der Waals surface area contributed by atoms with Crippen LogP contribution in [-0.4, -0.2) is 54.7 Å². The van der Waals surface area contributed by atoms with Crippen molar-refractivity contribution < 1.29 is 5.11 Å². The van der Waals surface area contributed by atoms with Gasteiger partial charge in [-0.3, -0.25) is 4.90 Å². The van der Waals surface area contributed by atoms with Crippen LogP contribution < -0.4 is 0 Å². The van der Waals surface area contributed by atoms with Crippen molar-refractivity contribution in [1.29, 1.82) is 0 Å². The first-order chi connectivity index (χ1) is 8.99. The highest BCUT2D eigenvalue weighted by molar-refractivity contribution is 5.21. The van der Waals surface area contributed by atoms with E-state index in [1.165, 1.54) is 19.4 Å². The van der Waals surface area contributed by atoms with Crippen LogP contribution in [0.2, 0.25) is 0 Å². The first kappa shape index (κ1) is 14.5. The molecule has 1 aliphatic rings. The highest BCUT2D eigenvalue weighted by atomic mass is 16.3. The van der Waals surface area contributed by atoms with E-state index >= 15 is 0 Å². The summed E-state index contributed by atoms with van der Waals surface area (Å²) in [7, 11) is 4.30. The van der Waals surface area contributed by atoms with E-state index in [0.29, 0.717) is 12.6 Å². The fourth-order valence-electron chi connectivity index (χ4n) is 3.00. The van der Waals surface area contributed by atoms with Crippen molar-refractivity contribution in [2.75, 3.05) is 33.7 Å². The lowest BCUT2D eigenvalue weighted by atomic mass is 9.94. The number of hydrogen-bond acceptors (Lipinski definition) is 3. The molecule has 2 unspecified atom stereocenters. The molecule has 2 rings (SSSR count). The molecule has 3 nitrogen and oxygen atoms in total. The van der Waals surface area contributed by atoms with Crippen LogP contribution >= 0.6 is 0 Å². The molecule has 0 radical (unpaired) electrons. The second kappa shape index (κ2) is 6.04. The molecule has 1 aliphatic heterocycles. The van der Waals surface area contributed by atoms with Gasteiger partial charge < -0.3 is 10.0 Å². The van der Waals surface area contributed by atoms with Crippen molar-refractivity contribution in [3.63, 3.8) is 0 Å². The Morgan fingerprint density at radius 2 is 2.05 bits per heavy atom. The highest BCUT2D eigenvalue weighted by Crippen LogP contribution is 2.23. The quantitative estimate of drug-likeness (QED) is 0.898. The van der Waals surface area contributed by atoms with Gasteiger partial charge in [0.05, 0.1) is 5.60 Å². The third-order valence-corrected chi connectivity index (χ3v) is 4.18. The molecule has 0 bridgehead atoms. The summed E-state index contributed by atoms with van der Waals surface area (Å²) in [4.78, 5) is 4.69. The Balaban J connectivity index is 1.99. The number of aliphatic hydroxyl groups is 1. The lowest BCUT2D eigenvalue weighted by Gasteiger charge is -2.39. The molecular weight excluding hydrogens is 236 g/mol. The summed E-state index contributed by atoms with van der Waals surface area (Å²) in [5.41, 5.74) is 0.206. The van der Waals surface area contributed by atoms with E-state index in [-0.39, 0.29) is 0 Å². The average Bonchev–Trinajstić information content (AvgIpc) is 2.39. The molecular formula is C16H26N2O. The zero-order chi connectivity index (χ0) is 13.9. The molecule has 19 heavy (non-hydrogen) atoms. The monoisotopic (exact) mass is 262 g/mol. The summed E-state index contributed by atoms with van der Waals surface area (Å²) in [5, 5.41) is 10.7. The maximum Gasteiger partial charge on any atom is 0.0994 e. The molecule has 0 spiro atoms. The molecule has 0 saturated carbocycles. The Kier molecular flexibility index (Phi) is 4.61. The molecule has 2 atom stereocenters. The standard InChI is InChI=1S/C16H26N2O/c1-16(19,14-8-5-4-6-9-14)13-18(3)15-10-7-11-17(2)12-15/h4-6,8-9,15,19H,7,10-13H2,1-3H3. The summed E-state index contributed by atoms with van der Waals surface area (Å²) in [6.45, 7) is 4.88. The van der Waals surface area contributed by atoms with E-state index < -0.39 is 5.60 Å². The first-order valence-electron chi connectivity index (χ1n) is 7.16. The summed E-state index contributed by atoms with van der Waals surface area (Å²) >= 11 is 0. The molecule has 1 heterocycles. The van der Waals surface area contributed by atoms with Gasteiger partial charge in [-0.05, 0) is 46.0 Å². The molecule has 1 aromatic rings. The van der Waals surface area contributed by atoms with Crippen molar-refractivity contribution in [2.24, 2.45) is 0 Å². The zero-order valence-corrected chi connectivity index (χ0v) is 12.3. The molecule has 0 aromatic heterocycles. The number of rotatable bonds is 4. The predicted molar refractivity (Wildman–Crippen MR) is 79.2 cm³/mol. The van der Waals surface area contributed by atoms with Crippen LogP contribution in [0.3, 0.4) is 0 Å². The van der Waals surface area contributed by atoms with Gasteiger partial charge >= 0.3 is 0 Å². The Bertz CT molecular complexity index is 391. The van der Waals surface area contributed by atoms with E-state index in [1.54, 1.807) is 0 Å². The van der Waals surface area contributed by atoms with Gasteiger partial charge in [0.2, 0.25) is 0 Å². The minimum Gasteiger partial charge on any atom is -0.384 e. The van der Waals surface area contributed by atoms with Gasteiger partial charge in [-0.2, -0.15) is 0 Å². The smallest absolute Gasteiger partial charge is 0.0994 e. The van der Waals surface area contributed by atoms with Crippen LogP contribution in [0.25, 0.3) is 0 Å². The van der Waals surface area contributed by atoms with Crippen molar-refractivity contribution >= 4 is 0 Å². The second-order valence-corrected chi connectivity index (χ2v) is 6.11. The molecule has 106 valence electrons. The maximum atomic E-state index is 10.7. The van der Waals surface area contributed by atoms with Crippen LogP contribution in [-0.2, 0) is 5.60 Å². The summed E-state index contributed by atoms with van der Waals surface area (Å²) in [5.74, 6) is 0. The largest absolute Gasteiger partial charge is 0.384 e. The fourth-order valence-corrected chi connectivity index (χ4v) is 3.00. The Morgan fingerprint density at radius 1 is 1.37 bits per heavy atom. The lowest BCUT2D eigenvalue weighted by Crippen LogP contribution is -2.49. The Morgan fingerprint density at radius 3 is 2.68 bits per heavy atom. The zero-order valence-electron chi connectivity index (χ0n) is 12.3. The van der Waals surface area contributed by atoms with Crippen molar-refractivity contribution in [3.8, 4) is 0 Å². The summed E-state index contributed by atoms with van der Waals surface area (Å²) in [6, 6.07) is 10.5. The Labute approximate surface area is 116 Å². The van der Waals surface area contributed by atoms with Crippen LogP contribution in [0, 0.1) is 0 Å². The van der Waals surface area contributed by atoms with Gasteiger partial charge in [0.15, 0.2) is 0 Å². The van der Waals surface area contributed by atoms with Crippen LogP contribution in [0.1, 0.15) is 25.3 Å². The van der Waals surface area contributed by atoms with Crippen LogP contribution in [0.4, 0.5) is 0 Å². The number of nitrogens with zero attached hydrogens (tertiary/aromatic N) is 2. The maximum absolute atomic E-state index is 10.7. The van der Waals surface area contributed by atoms with Gasteiger partial charge in [-0.1, -0.05) is 30.3 Å². The second-order valence-electron chi connectivity index (χ2n) is 6.11. The van der Waals surface area contributed by atoms with Gasteiger partial charge in [0, 0.05) is 19.1 Å². The van der Waals surface area contributed by atoms with E-state index in [9.17, 15) is 5.11 Å². The van der Waals surface area contributed by atoms with Crippen LogP contribution in [0.15, 0.2) is 30.3 Å². The SMILES string of the molecule is CN1CCCC(N(C)CC(C)(O)c2ccccc2)C1. The summed E-state index contributed by atoms with van der Waals surface area (Å²) < 4.78 is 0. The predicted octanol–water partition coefficient (Wildman–Crippen LogP) is 1.92. The molecule has 1 saturated heterocycles. The molecule has 1 fully saturated rings. The van der Waals surface area contributed by atoms with E-state index in [0.717, 1.165) is 12.1 Å². The minimum absolute atomic E-state index is 0.550. The van der Waals surface area contributed by atoms with Crippen molar-refractivity contribution in [3.05, 3.63) is 35.9 Å². The lowest BCUT2D eigenvalue weighted by molar-refractivity contribution is 0.00117. The number of benzene rings is 1. The highest BCUT2D eigenvalue weighted by Gasteiger charge is 2.29. The molecule has 3 heteroatoms. The van der Waals surface area contributed by atoms with Crippen molar-refractivity contribution in [2.45, 2.75) is 31.4 Å². The molecule has 0 amide bonds. The van der Waals surface area contributed by atoms with E-state index in [1.807, 2.05) is 37.3 Å². The third kappa shape index (κ3) is 3.78. The van der Waals surface area contributed by atoms with Gasteiger partial charge in [0.25, 0.3) is 0 Å². The first-order valence-corrected chi connectivity index (χ1v) is 7.16. The van der Waals surface area contributed by atoms with Gasteiger partial charge in [0.1, 0.15) is 0 Å². The molecule has 1 aromatic carbocycles. The normalized spacial score (nSPS) is 24.4. The number of piperidine rings is 1. The minimum atomic E-state index is -0.786. The number of hydrogen-bond donors (Lipinski definition) is 1. The number of likely N-dealkylation sites (N-methyl/N-ethyl adjacent to an activating group) is 2. The average molecular weight is 262 g/mol. The molecule has 0 aliphatic carbocycles. The topological polar surface area (TPSA) is 26.7 Å². The van der Waals surface area contributed by atoms with Crippen LogP contribution in [0.5, 0.6) is 0 Å². The van der Waals surface area contributed by atoms with Gasteiger partial charge in [-0.25, -0.2) is 0 Å². The molecule has 1 N–H and O–H groups in total. The van der Waals surface area contributed by atoms with E-state index in [2.05, 4.69) is 23.9 Å². The third-order valence-electron chi connectivity index (χ3n) is 4.18. The summed E-state index contributed by atoms with van der Waals surface area (Å²) in [6.07, 6.45) is 2.48. The fraction of sp³-hybridized carbons (Fsp3) is 0.625. The van der Waals surface area contributed by atoms with Crippen molar-refractivity contribution in [1.82, 2.24) is 9.80 Å². The van der Waals surface area contributed by atoms with E-state index in [4.69, 9.17) is 0 Å². The number of likely N-dealkylation sites (tertiary alicyclic amines) is 1.